The standard InChI is InChI=1S/C25H33N3O3/c1-26(2)24-15-28(12-17-6-9-25(31-5)18(10-17)16-29)14-22(24)21-13-27(3)23-8-7-19(30-4)11-20(21)23/h6-11,13,22,24,29H,12,14-16H2,1-5H3/t22-,24+/m0/s1. The number of aryl methyl sites for hydroxylation is 1. The molecule has 31 heavy (non-hydrogen) atoms. The molecule has 0 bridgehead atoms. The molecule has 0 saturated carbocycles. The van der Waals surface area contributed by atoms with Crippen LogP contribution in [0, 0.1) is 0 Å². The number of methoxy groups -OCH3 is 2. The molecule has 1 saturated heterocycles. The average molecular weight is 424 g/mol. The van der Waals surface area contributed by atoms with Crippen molar-refractivity contribution < 1.29 is 14.6 Å². The van der Waals surface area contributed by atoms with Crippen LogP contribution < -0.4 is 9.47 Å². The van der Waals surface area contributed by atoms with Gasteiger partial charge in [-0.05, 0) is 55.6 Å². The molecule has 1 aromatic heterocycles. The second-order valence-corrected chi connectivity index (χ2v) is 8.71. The Balaban J connectivity index is 1.63. The van der Waals surface area contributed by atoms with E-state index in [-0.39, 0.29) is 6.61 Å². The zero-order valence-corrected chi connectivity index (χ0v) is 19.1. The Morgan fingerprint density at radius 3 is 2.55 bits per heavy atom. The molecule has 2 heterocycles. The highest BCUT2D eigenvalue weighted by Gasteiger charge is 2.36. The third-order valence-electron chi connectivity index (χ3n) is 6.58. The van der Waals surface area contributed by atoms with E-state index < -0.39 is 0 Å². The van der Waals surface area contributed by atoms with Crippen LogP contribution in [0.1, 0.15) is 22.6 Å². The quantitative estimate of drug-likeness (QED) is 0.632. The van der Waals surface area contributed by atoms with Crippen LogP contribution in [0.3, 0.4) is 0 Å². The van der Waals surface area contributed by atoms with Gasteiger partial charge in [-0.1, -0.05) is 6.07 Å². The number of likely N-dealkylation sites (tertiary alicyclic amines) is 1. The molecular weight excluding hydrogens is 390 g/mol. The molecule has 0 unspecified atom stereocenters. The molecule has 0 spiro atoms. The number of aliphatic hydroxyl groups excluding tert-OH is 1. The third-order valence-corrected chi connectivity index (χ3v) is 6.58. The lowest BCUT2D eigenvalue weighted by molar-refractivity contribution is 0.259. The minimum absolute atomic E-state index is 0.0161. The molecule has 3 aromatic rings. The summed E-state index contributed by atoms with van der Waals surface area (Å²) in [6, 6.07) is 12.9. The van der Waals surface area contributed by atoms with E-state index in [0.717, 1.165) is 36.7 Å². The van der Waals surface area contributed by atoms with E-state index in [1.807, 2.05) is 12.1 Å². The molecule has 0 aliphatic carbocycles. The van der Waals surface area contributed by atoms with Crippen LogP contribution in [0.15, 0.2) is 42.6 Å². The summed E-state index contributed by atoms with van der Waals surface area (Å²) in [4.78, 5) is 4.86. The molecule has 1 fully saturated rings. The summed E-state index contributed by atoms with van der Waals surface area (Å²) in [5, 5.41) is 10.9. The number of likely N-dealkylation sites (N-methyl/N-ethyl adjacent to an activating group) is 1. The Morgan fingerprint density at radius 2 is 1.87 bits per heavy atom. The summed E-state index contributed by atoms with van der Waals surface area (Å²) in [5.74, 6) is 2.04. The molecule has 1 aliphatic heterocycles. The van der Waals surface area contributed by atoms with Crippen molar-refractivity contribution >= 4 is 10.9 Å². The maximum atomic E-state index is 9.67. The second-order valence-electron chi connectivity index (χ2n) is 8.71. The first-order valence-corrected chi connectivity index (χ1v) is 10.7. The number of fused-ring (bicyclic) bond motifs is 1. The van der Waals surface area contributed by atoms with Gasteiger partial charge >= 0.3 is 0 Å². The third kappa shape index (κ3) is 4.15. The van der Waals surface area contributed by atoms with E-state index in [9.17, 15) is 5.11 Å². The minimum Gasteiger partial charge on any atom is -0.497 e. The van der Waals surface area contributed by atoms with Crippen LogP contribution in [0.4, 0.5) is 0 Å². The first kappa shape index (κ1) is 21.7. The van der Waals surface area contributed by atoms with Gasteiger partial charge in [0.05, 0.1) is 20.8 Å². The highest BCUT2D eigenvalue weighted by atomic mass is 16.5. The van der Waals surface area contributed by atoms with Crippen molar-refractivity contribution in [3.05, 3.63) is 59.3 Å². The lowest BCUT2D eigenvalue weighted by Crippen LogP contribution is -2.34. The van der Waals surface area contributed by atoms with Gasteiger partial charge in [-0.2, -0.15) is 0 Å². The van der Waals surface area contributed by atoms with Gasteiger partial charge in [-0.25, -0.2) is 0 Å². The van der Waals surface area contributed by atoms with E-state index in [1.54, 1.807) is 14.2 Å². The van der Waals surface area contributed by atoms with E-state index >= 15 is 0 Å². The minimum atomic E-state index is -0.0161. The Hall–Kier alpha value is -2.54. The summed E-state index contributed by atoms with van der Waals surface area (Å²) < 4.78 is 13.1. The fourth-order valence-corrected chi connectivity index (χ4v) is 4.96. The van der Waals surface area contributed by atoms with Crippen molar-refractivity contribution in [1.82, 2.24) is 14.4 Å². The summed E-state index contributed by atoms with van der Waals surface area (Å²) in [6.45, 7) is 2.82. The van der Waals surface area contributed by atoms with Gasteiger partial charge in [0.1, 0.15) is 11.5 Å². The lowest BCUT2D eigenvalue weighted by Gasteiger charge is -2.25. The Morgan fingerprint density at radius 1 is 1.06 bits per heavy atom. The van der Waals surface area contributed by atoms with Crippen molar-refractivity contribution in [2.45, 2.75) is 25.1 Å². The molecule has 2 aromatic carbocycles. The van der Waals surface area contributed by atoms with Crippen LogP contribution in [0.25, 0.3) is 10.9 Å². The predicted octanol–water partition coefficient (Wildman–Crippen LogP) is 3.22. The molecular formula is C25H33N3O3. The van der Waals surface area contributed by atoms with Crippen LogP contribution >= 0.6 is 0 Å². The predicted molar refractivity (Wildman–Crippen MR) is 124 cm³/mol. The maximum Gasteiger partial charge on any atom is 0.124 e. The SMILES string of the molecule is COc1ccc2c(c1)c([C@@H]1CN(Cc3ccc(OC)c(CO)c3)C[C@H]1N(C)C)cn2C. The topological polar surface area (TPSA) is 50.1 Å². The molecule has 2 atom stereocenters. The van der Waals surface area contributed by atoms with Crippen molar-refractivity contribution in [1.29, 1.82) is 0 Å². The fourth-order valence-electron chi connectivity index (χ4n) is 4.96. The van der Waals surface area contributed by atoms with E-state index in [4.69, 9.17) is 9.47 Å². The monoisotopic (exact) mass is 423 g/mol. The van der Waals surface area contributed by atoms with Gasteiger partial charge in [0.2, 0.25) is 0 Å². The van der Waals surface area contributed by atoms with Crippen LogP contribution in [0.2, 0.25) is 0 Å². The number of nitrogens with zero attached hydrogens (tertiary/aromatic N) is 3. The fraction of sp³-hybridized carbons (Fsp3) is 0.440. The van der Waals surface area contributed by atoms with Gasteiger partial charge in [0.15, 0.2) is 0 Å². The normalized spacial score (nSPS) is 19.5. The van der Waals surface area contributed by atoms with Gasteiger partial charge in [0, 0.05) is 61.3 Å². The number of hydrogen-bond donors (Lipinski definition) is 1. The number of aromatic nitrogens is 1. The number of rotatable bonds is 7. The van der Waals surface area contributed by atoms with Gasteiger partial charge in [-0.15, -0.1) is 0 Å². The van der Waals surface area contributed by atoms with Crippen LogP contribution in [0.5, 0.6) is 11.5 Å². The number of benzene rings is 2. The number of hydrogen-bond acceptors (Lipinski definition) is 5. The highest BCUT2D eigenvalue weighted by molar-refractivity contribution is 5.86. The highest BCUT2D eigenvalue weighted by Crippen LogP contribution is 2.37. The van der Waals surface area contributed by atoms with Crippen molar-refractivity contribution in [3.8, 4) is 11.5 Å². The Labute approximate surface area is 184 Å². The lowest BCUT2D eigenvalue weighted by atomic mass is 9.93. The molecule has 1 aliphatic rings. The Kier molecular flexibility index (Phi) is 6.23. The smallest absolute Gasteiger partial charge is 0.124 e. The van der Waals surface area contributed by atoms with E-state index in [1.165, 1.54) is 22.0 Å². The van der Waals surface area contributed by atoms with Crippen molar-refractivity contribution in [3.63, 3.8) is 0 Å². The number of ether oxygens (including phenoxy) is 2. The van der Waals surface area contributed by atoms with Gasteiger partial charge < -0.3 is 24.0 Å². The number of aliphatic hydroxyl groups is 1. The zero-order chi connectivity index (χ0) is 22.1. The largest absolute Gasteiger partial charge is 0.497 e. The summed E-state index contributed by atoms with van der Waals surface area (Å²) >= 11 is 0. The molecule has 4 rings (SSSR count). The summed E-state index contributed by atoms with van der Waals surface area (Å²) in [5.41, 5.74) is 4.64. The molecule has 1 N–H and O–H groups in total. The first-order valence-electron chi connectivity index (χ1n) is 10.7. The maximum absolute atomic E-state index is 9.67. The van der Waals surface area contributed by atoms with Crippen LogP contribution in [-0.4, -0.2) is 66.9 Å². The van der Waals surface area contributed by atoms with Crippen molar-refractivity contribution in [2.24, 2.45) is 7.05 Å². The summed E-state index contributed by atoms with van der Waals surface area (Å²) in [7, 11) is 9.82. The van der Waals surface area contributed by atoms with Gasteiger partial charge in [-0.3, -0.25) is 4.90 Å². The average Bonchev–Trinajstić information content (AvgIpc) is 3.34. The van der Waals surface area contributed by atoms with E-state index in [2.05, 4.69) is 66.0 Å². The first-order chi connectivity index (χ1) is 14.9. The molecule has 6 nitrogen and oxygen atoms in total. The molecule has 166 valence electrons. The zero-order valence-electron chi connectivity index (χ0n) is 19.1. The van der Waals surface area contributed by atoms with E-state index in [0.29, 0.717) is 12.0 Å². The molecule has 0 amide bonds. The van der Waals surface area contributed by atoms with Gasteiger partial charge in [0.25, 0.3) is 0 Å². The van der Waals surface area contributed by atoms with Crippen molar-refractivity contribution in [2.75, 3.05) is 41.4 Å². The Bertz CT molecular complexity index is 1060. The van der Waals surface area contributed by atoms with Crippen LogP contribution in [-0.2, 0) is 20.2 Å². The second kappa shape index (κ2) is 8.91. The molecule has 0 radical (unpaired) electrons. The molecule has 6 heteroatoms. The summed E-state index contributed by atoms with van der Waals surface area (Å²) in [6.07, 6.45) is 2.28.